The van der Waals surface area contributed by atoms with Crippen LogP contribution in [0.3, 0.4) is 0 Å². The molecule has 0 aliphatic carbocycles. The molecule has 3 nitrogen and oxygen atoms in total. The zero-order valence-electron chi connectivity index (χ0n) is 6.99. The minimum absolute atomic E-state index is 0.416. The van der Waals surface area contributed by atoms with Crippen molar-refractivity contribution in [2.75, 3.05) is 6.61 Å². The van der Waals surface area contributed by atoms with Crippen LogP contribution in [0.2, 0.25) is 0 Å². The molecule has 3 heteroatoms. The summed E-state index contributed by atoms with van der Waals surface area (Å²) in [6.45, 7) is 1.64. The monoisotopic (exact) mass is 161 g/mol. The van der Waals surface area contributed by atoms with Crippen LogP contribution in [-0.2, 0) is 5.11 Å². The zero-order valence-corrected chi connectivity index (χ0v) is 6.99. The molecule has 2 unspecified atom stereocenters. The van der Waals surface area contributed by atoms with Crippen molar-refractivity contribution in [1.29, 1.82) is 0 Å². The quantitative estimate of drug-likeness (QED) is 0.564. The molecule has 0 fully saturated rings. The molecule has 0 spiro atoms. The van der Waals surface area contributed by atoms with Crippen molar-refractivity contribution in [3.05, 3.63) is 0 Å². The maximum atomic E-state index is 10.9. The second kappa shape index (κ2) is 6.58. The third-order valence-corrected chi connectivity index (χ3v) is 1.71. The Morgan fingerprint density at radius 2 is 2.00 bits per heavy atom. The average Bonchev–Trinajstić information content (AvgIpc) is 2.03. The van der Waals surface area contributed by atoms with Crippen LogP contribution in [0.15, 0.2) is 0 Å². The van der Waals surface area contributed by atoms with Gasteiger partial charge in [0.15, 0.2) is 0 Å². The highest BCUT2D eigenvalue weighted by Crippen LogP contribution is 2.06. The Labute approximate surface area is 67.7 Å². The third kappa shape index (κ3) is 5.18. The fourth-order valence-corrected chi connectivity index (χ4v) is 0.905. The van der Waals surface area contributed by atoms with Gasteiger partial charge in [-0.3, -0.25) is 0 Å². The molecule has 1 radical (unpaired) electrons. The summed E-state index contributed by atoms with van der Waals surface area (Å²) in [6.07, 6.45) is 1.33. The van der Waals surface area contributed by atoms with Crippen LogP contribution in [0.4, 0.5) is 0 Å². The molecule has 0 rings (SSSR count). The third-order valence-electron chi connectivity index (χ3n) is 1.71. The first-order valence-corrected chi connectivity index (χ1v) is 4.17. The Balaban J connectivity index is 3.28. The smallest absolute Gasteiger partial charge is 0.121 e. The van der Waals surface area contributed by atoms with Crippen LogP contribution in [0, 0.1) is 0 Å². The molecule has 0 aromatic carbocycles. The molecular formula is C8H17O3. The van der Waals surface area contributed by atoms with Crippen LogP contribution < -0.4 is 0 Å². The topological polar surface area (TPSA) is 60.4 Å². The SMILES string of the molecule is CCCCCC([O])C(O)CO. The molecule has 0 aliphatic rings. The maximum Gasteiger partial charge on any atom is 0.121 e. The Morgan fingerprint density at radius 3 is 2.45 bits per heavy atom. The highest BCUT2D eigenvalue weighted by atomic mass is 16.4. The van der Waals surface area contributed by atoms with Crippen LogP contribution in [-0.4, -0.2) is 29.0 Å². The summed E-state index contributed by atoms with van der Waals surface area (Å²) >= 11 is 0. The number of rotatable bonds is 6. The summed E-state index contributed by atoms with van der Waals surface area (Å²) in [6, 6.07) is 0. The predicted octanol–water partition coefficient (Wildman–Crippen LogP) is 0.719. The highest BCUT2D eigenvalue weighted by molar-refractivity contribution is 4.64. The Morgan fingerprint density at radius 1 is 1.36 bits per heavy atom. The van der Waals surface area contributed by atoms with Crippen molar-refractivity contribution in [3.63, 3.8) is 0 Å². The van der Waals surface area contributed by atoms with Gasteiger partial charge in [0, 0.05) is 0 Å². The molecule has 2 N–H and O–H groups in total. The van der Waals surface area contributed by atoms with Gasteiger partial charge < -0.3 is 10.2 Å². The molecular weight excluding hydrogens is 144 g/mol. The van der Waals surface area contributed by atoms with Gasteiger partial charge in [-0.2, -0.15) is 0 Å². The second-order valence-electron chi connectivity index (χ2n) is 2.78. The van der Waals surface area contributed by atoms with Crippen LogP contribution in [0.25, 0.3) is 0 Å². The van der Waals surface area contributed by atoms with E-state index < -0.39 is 18.8 Å². The molecule has 0 bridgehead atoms. The first kappa shape index (κ1) is 10.9. The van der Waals surface area contributed by atoms with Crippen molar-refractivity contribution >= 4 is 0 Å². The van der Waals surface area contributed by atoms with E-state index in [1.807, 2.05) is 0 Å². The Bertz CT molecular complexity index is 85.4. The van der Waals surface area contributed by atoms with E-state index in [1.165, 1.54) is 0 Å². The first-order chi connectivity index (χ1) is 5.22. The van der Waals surface area contributed by atoms with E-state index in [9.17, 15) is 5.11 Å². The van der Waals surface area contributed by atoms with Gasteiger partial charge in [-0.05, 0) is 6.42 Å². The van der Waals surface area contributed by atoms with Crippen molar-refractivity contribution < 1.29 is 15.3 Å². The molecule has 0 amide bonds. The van der Waals surface area contributed by atoms with E-state index >= 15 is 0 Å². The van der Waals surface area contributed by atoms with Gasteiger partial charge in [-0.25, -0.2) is 5.11 Å². The van der Waals surface area contributed by atoms with Gasteiger partial charge in [-0.1, -0.05) is 26.2 Å². The lowest BCUT2D eigenvalue weighted by molar-refractivity contribution is -0.0538. The van der Waals surface area contributed by atoms with E-state index in [0.29, 0.717) is 6.42 Å². The average molecular weight is 161 g/mol. The molecule has 0 aromatic heterocycles. The first-order valence-electron chi connectivity index (χ1n) is 4.17. The molecule has 11 heavy (non-hydrogen) atoms. The summed E-state index contributed by atoms with van der Waals surface area (Å²) in [5.41, 5.74) is 0. The summed E-state index contributed by atoms with van der Waals surface area (Å²) in [4.78, 5) is 0. The molecule has 0 saturated carbocycles. The Hall–Kier alpha value is -0.120. The van der Waals surface area contributed by atoms with Gasteiger partial charge in [0.05, 0.1) is 6.61 Å². The molecule has 67 valence electrons. The Kier molecular flexibility index (Phi) is 6.51. The number of aliphatic hydroxyl groups is 2. The van der Waals surface area contributed by atoms with E-state index in [1.54, 1.807) is 0 Å². The standard InChI is InChI=1S/C8H17O3/c1-2-3-4-5-7(10)8(11)6-9/h7-9,11H,2-6H2,1H3. The second-order valence-corrected chi connectivity index (χ2v) is 2.78. The highest BCUT2D eigenvalue weighted by Gasteiger charge is 2.15. The molecule has 0 aliphatic heterocycles. The summed E-state index contributed by atoms with van der Waals surface area (Å²) in [7, 11) is 0. The molecule has 0 aromatic rings. The van der Waals surface area contributed by atoms with Gasteiger partial charge >= 0.3 is 0 Å². The minimum Gasteiger partial charge on any atom is -0.394 e. The van der Waals surface area contributed by atoms with Crippen LogP contribution in [0.5, 0.6) is 0 Å². The van der Waals surface area contributed by atoms with E-state index in [4.69, 9.17) is 10.2 Å². The summed E-state index contributed by atoms with van der Waals surface area (Å²) < 4.78 is 0. The van der Waals surface area contributed by atoms with E-state index in [-0.39, 0.29) is 0 Å². The number of unbranched alkanes of at least 4 members (excludes halogenated alkanes) is 2. The van der Waals surface area contributed by atoms with Gasteiger partial charge in [0.25, 0.3) is 0 Å². The minimum atomic E-state index is -1.08. The summed E-state index contributed by atoms with van der Waals surface area (Å²) in [5.74, 6) is 0. The molecule has 0 heterocycles. The number of aliphatic hydroxyl groups excluding tert-OH is 2. The van der Waals surface area contributed by atoms with Gasteiger partial charge in [0.1, 0.15) is 12.2 Å². The zero-order chi connectivity index (χ0) is 8.69. The molecule has 0 saturated heterocycles. The number of hydrogen-bond donors (Lipinski definition) is 2. The largest absolute Gasteiger partial charge is 0.394 e. The lowest BCUT2D eigenvalue weighted by atomic mass is 10.1. The fraction of sp³-hybridized carbons (Fsp3) is 1.00. The van der Waals surface area contributed by atoms with Crippen molar-refractivity contribution in [3.8, 4) is 0 Å². The lowest BCUT2D eigenvalue weighted by Crippen LogP contribution is -2.27. The lowest BCUT2D eigenvalue weighted by Gasteiger charge is -2.12. The normalized spacial score (nSPS) is 16.4. The van der Waals surface area contributed by atoms with E-state index in [0.717, 1.165) is 19.3 Å². The van der Waals surface area contributed by atoms with Crippen molar-refractivity contribution in [2.45, 2.75) is 44.8 Å². The van der Waals surface area contributed by atoms with Gasteiger partial charge in [0.2, 0.25) is 0 Å². The fourth-order valence-electron chi connectivity index (χ4n) is 0.905. The number of hydrogen-bond acceptors (Lipinski definition) is 2. The van der Waals surface area contributed by atoms with Gasteiger partial charge in [-0.15, -0.1) is 0 Å². The van der Waals surface area contributed by atoms with Crippen molar-refractivity contribution in [2.24, 2.45) is 0 Å². The van der Waals surface area contributed by atoms with Crippen molar-refractivity contribution in [1.82, 2.24) is 0 Å². The predicted molar refractivity (Wildman–Crippen MR) is 41.7 cm³/mol. The summed E-state index contributed by atoms with van der Waals surface area (Å²) in [5, 5.41) is 28.2. The van der Waals surface area contributed by atoms with E-state index in [2.05, 4.69) is 6.92 Å². The molecule has 2 atom stereocenters. The van der Waals surface area contributed by atoms with Crippen LogP contribution in [0.1, 0.15) is 32.6 Å². The van der Waals surface area contributed by atoms with Crippen LogP contribution >= 0.6 is 0 Å². The maximum absolute atomic E-state index is 10.9.